The third-order valence-electron chi connectivity index (χ3n) is 6.05. The van der Waals surface area contributed by atoms with Crippen LogP contribution < -0.4 is 0 Å². The van der Waals surface area contributed by atoms with Crippen molar-refractivity contribution in [3.05, 3.63) is 34.9 Å². The number of likely N-dealkylation sites (N-methyl/N-ethyl adjacent to an activating group) is 1. The summed E-state index contributed by atoms with van der Waals surface area (Å²) in [6.45, 7) is 7.62. The number of rotatable bonds is 6. The first-order valence-corrected chi connectivity index (χ1v) is 10.4. The number of hydrogen-bond donors (Lipinski definition) is 0. The largest absolute Gasteiger partial charge is 0.469 e. The lowest BCUT2D eigenvalue weighted by Gasteiger charge is -2.46. The van der Waals surface area contributed by atoms with Crippen LogP contribution in [0.25, 0.3) is 0 Å². The van der Waals surface area contributed by atoms with E-state index in [1.807, 2.05) is 12.1 Å². The highest BCUT2D eigenvalue weighted by atomic mass is 35.5. The van der Waals surface area contributed by atoms with Gasteiger partial charge in [-0.2, -0.15) is 0 Å². The molecule has 2 aliphatic rings. The fraction of sp³-hybridized carbons (Fsp3) is 0.667. The van der Waals surface area contributed by atoms with E-state index in [1.54, 1.807) is 0 Å². The van der Waals surface area contributed by atoms with Crippen LogP contribution in [-0.2, 0) is 16.1 Å². The van der Waals surface area contributed by atoms with Gasteiger partial charge in [0.15, 0.2) is 0 Å². The molecule has 2 fully saturated rings. The average Bonchev–Trinajstić information content (AvgIpc) is 2.69. The molecule has 6 heteroatoms. The molecule has 2 aliphatic heterocycles. The van der Waals surface area contributed by atoms with Gasteiger partial charge in [0.05, 0.1) is 7.11 Å². The molecular weight excluding hydrogens is 362 g/mol. The number of hydrogen-bond acceptors (Lipinski definition) is 5. The molecule has 27 heavy (non-hydrogen) atoms. The van der Waals surface area contributed by atoms with Crippen LogP contribution >= 0.6 is 11.6 Å². The zero-order valence-electron chi connectivity index (χ0n) is 16.6. The van der Waals surface area contributed by atoms with Crippen LogP contribution in [0.15, 0.2) is 24.3 Å². The Bertz CT molecular complexity index is 602. The second kappa shape index (κ2) is 9.87. The summed E-state index contributed by atoms with van der Waals surface area (Å²) in [5.74, 6) is 0.413. The van der Waals surface area contributed by atoms with Crippen LogP contribution in [0.3, 0.4) is 0 Å². The molecule has 0 aromatic heterocycles. The molecule has 5 nitrogen and oxygen atoms in total. The summed E-state index contributed by atoms with van der Waals surface area (Å²) in [4.78, 5) is 19.3. The first-order chi connectivity index (χ1) is 13.0. The van der Waals surface area contributed by atoms with Crippen LogP contribution in [0.4, 0.5) is 0 Å². The second-order valence-electron chi connectivity index (χ2n) is 7.93. The molecule has 0 saturated carbocycles. The Kier molecular flexibility index (Phi) is 7.53. The van der Waals surface area contributed by atoms with E-state index < -0.39 is 0 Å². The van der Waals surface area contributed by atoms with Crippen molar-refractivity contribution < 1.29 is 9.53 Å². The maximum atomic E-state index is 11.7. The van der Waals surface area contributed by atoms with Crippen LogP contribution in [0.1, 0.15) is 24.8 Å². The standard InChI is InChI=1S/C21H32ClN3O2/c1-23-11-13-25(14-12-23)20-9-10-24(15-17-3-6-19(22)7-4-17)16-18(20)5-8-21(26)27-2/h3-4,6-7,18,20H,5,8-16H2,1-2H3/t18-,20+/m0/s1. The fourth-order valence-corrected chi connectivity index (χ4v) is 4.54. The highest BCUT2D eigenvalue weighted by Crippen LogP contribution is 2.28. The Balaban J connectivity index is 1.62. The number of carbonyl (C=O) groups excluding carboxylic acids is 1. The summed E-state index contributed by atoms with van der Waals surface area (Å²) >= 11 is 6.01. The topological polar surface area (TPSA) is 36.0 Å². The first kappa shape index (κ1) is 20.6. The lowest BCUT2D eigenvalue weighted by Crippen LogP contribution is -2.56. The van der Waals surface area contributed by atoms with Crippen molar-refractivity contribution in [2.24, 2.45) is 5.92 Å². The van der Waals surface area contributed by atoms with E-state index in [0.29, 0.717) is 18.4 Å². The number of esters is 1. The van der Waals surface area contributed by atoms with Gasteiger partial charge in [0, 0.05) is 56.8 Å². The Morgan fingerprint density at radius 2 is 1.85 bits per heavy atom. The summed E-state index contributed by atoms with van der Waals surface area (Å²) in [5, 5.41) is 0.781. The van der Waals surface area contributed by atoms with E-state index in [1.165, 1.54) is 19.1 Å². The zero-order chi connectivity index (χ0) is 19.2. The molecule has 2 saturated heterocycles. The maximum absolute atomic E-state index is 11.7. The molecule has 1 aromatic carbocycles. The minimum atomic E-state index is -0.0954. The summed E-state index contributed by atoms with van der Waals surface area (Å²) in [5.41, 5.74) is 1.30. The fourth-order valence-electron chi connectivity index (χ4n) is 4.41. The molecule has 0 bridgehead atoms. The predicted octanol–water partition coefficient (Wildman–Crippen LogP) is 2.73. The predicted molar refractivity (Wildman–Crippen MR) is 109 cm³/mol. The molecule has 0 unspecified atom stereocenters. The van der Waals surface area contributed by atoms with Crippen LogP contribution in [0, 0.1) is 5.92 Å². The Morgan fingerprint density at radius 3 is 2.52 bits per heavy atom. The number of nitrogens with zero attached hydrogens (tertiary/aromatic N) is 3. The van der Waals surface area contributed by atoms with Crippen LogP contribution in [0.5, 0.6) is 0 Å². The number of ether oxygens (including phenoxy) is 1. The van der Waals surface area contributed by atoms with Gasteiger partial charge in [-0.1, -0.05) is 23.7 Å². The Hall–Kier alpha value is -1.14. The maximum Gasteiger partial charge on any atom is 0.305 e. The zero-order valence-corrected chi connectivity index (χ0v) is 17.3. The molecule has 1 aromatic rings. The van der Waals surface area contributed by atoms with Crippen LogP contribution in [0.2, 0.25) is 5.02 Å². The molecule has 150 valence electrons. The molecule has 0 spiro atoms. The highest BCUT2D eigenvalue weighted by molar-refractivity contribution is 6.30. The van der Waals surface area contributed by atoms with Crippen LogP contribution in [-0.4, -0.2) is 80.1 Å². The van der Waals surface area contributed by atoms with Crippen molar-refractivity contribution in [3.63, 3.8) is 0 Å². The molecule has 3 rings (SSSR count). The highest BCUT2D eigenvalue weighted by Gasteiger charge is 2.34. The van der Waals surface area contributed by atoms with E-state index in [2.05, 4.69) is 33.9 Å². The van der Waals surface area contributed by atoms with Crippen molar-refractivity contribution in [1.82, 2.24) is 14.7 Å². The van der Waals surface area contributed by atoms with E-state index in [-0.39, 0.29) is 5.97 Å². The summed E-state index contributed by atoms with van der Waals surface area (Å²) in [6.07, 6.45) is 2.59. The number of halogens is 1. The number of likely N-dealkylation sites (tertiary alicyclic amines) is 1. The second-order valence-corrected chi connectivity index (χ2v) is 8.37. The molecule has 2 atom stereocenters. The average molecular weight is 394 g/mol. The van der Waals surface area contributed by atoms with Gasteiger partial charge in [-0.25, -0.2) is 0 Å². The molecule has 0 aliphatic carbocycles. The minimum absolute atomic E-state index is 0.0954. The monoisotopic (exact) mass is 393 g/mol. The number of benzene rings is 1. The minimum Gasteiger partial charge on any atom is -0.469 e. The molecular formula is C21H32ClN3O2. The van der Waals surface area contributed by atoms with Crippen molar-refractivity contribution >= 4 is 17.6 Å². The van der Waals surface area contributed by atoms with Gasteiger partial charge in [-0.15, -0.1) is 0 Å². The van der Waals surface area contributed by atoms with E-state index in [4.69, 9.17) is 16.3 Å². The van der Waals surface area contributed by atoms with E-state index in [0.717, 1.165) is 57.3 Å². The van der Waals surface area contributed by atoms with Crippen molar-refractivity contribution in [1.29, 1.82) is 0 Å². The van der Waals surface area contributed by atoms with Crippen molar-refractivity contribution in [2.75, 3.05) is 53.4 Å². The third-order valence-corrected chi connectivity index (χ3v) is 6.30. The number of piperidine rings is 1. The summed E-state index contributed by atoms with van der Waals surface area (Å²) < 4.78 is 4.88. The van der Waals surface area contributed by atoms with E-state index in [9.17, 15) is 4.79 Å². The van der Waals surface area contributed by atoms with Gasteiger partial charge in [-0.05, 0) is 50.0 Å². The van der Waals surface area contributed by atoms with Crippen molar-refractivity contribution in [2.45, 2.75) is 31.8 Å². The van der Waals surface area contributed by atoms with Crippen molar-refractivity contribution in [3.8, 4) is 0 Å². The van der Waals surface area contributed by atoms with Gasteiger partial charge in [0.25, 0.3) is 0 Å². The first-order valence-electron chi connectivity index (χ1n) is 10.0. The molecule has 0 amide bonds. The smallest absolute Gasteiger partial charge is 0.305 e. The van der Waals surface area contributed by atoms with Gasteiger partial charge >= 0.3 is 5.97 Å². The lowest BCUT2D eigenvalue weighted by molar-refractivity contribution is -0.141. The van der Waals surface area contributed by atoms with E-state index >= 15 is 0 Å². The summed E-state index contributed by atoms with van der Waals surface area (Å²) in [6, 6.07) is 8.71. The normalized spacial score (nSPS) is 25.4. The molecule has 0 radical (unpaired) electrons. The van der Waals surface area contributed by atoms with Gasteiger partial charge < -0.3 is 9.64 Å². The third kappa shape index (κ3) is 5.92. The van der Waals surface area contributed by atoms with Gasteiger partial charge in [-0.3, -0.25) is 14.6 Å². The number of piperazine rings is 1. The number of carbonyl (C=O) groups is 1. The lowest BCUT2D eigenvalue weighted by atomic mass is 9.86. The number of methoxy groups -OCH3 is 1. The SMILES string of the molecule is COC(=O)CC[C@H]1CN(Cc2ccc(Cl)cc2)CC[C@H]1N1CCN(C)CC1. The quantitative estimate of drug-likeness (QED) is 0.694. The Labute approximate surface area is 168 Å². The van der Waals surface area contributed by atoms with Gasteiger partial charge in [0.1, 0.15) is 0 Å². The van der Waals surface area contributed by atoms with Gasteiger partial charge in [0.2, 0.25) is 0 Å². The Morgan fingerprint density at radius 1 is 1.15 bits per heavy atom. The summed E-state index contributed by atoms with van der Waals surface area (Å²) in [7, 11) is 3.68. The molecule has 0 N–H and O–H groups in total. The molecule has 2 heterocycles.